The summed E-state index contributed by atoms with van der Waals surface area (Å²) in [6, 6.07) is 3.47. The van der Waals surface area contributed by atoms with Crippen LogP contribution in [0.1, 0.15) is 16.1 Å². The van der Waals surface area contributed by atoms with E-state index >= 15 is 0 Å². The lowest BCUT2D eigenvalue weighted by molar-refractivity contribution is -0.141. The average Bonchev–Trinajstić information content (AvgIpc) is 2.90. The second kappa shape index (κ2) is 6.12. The van der Waals surface area contributed by atoms with Gasteiger partial charge in [-0.25, -0.2) is 8.78 Å². The third-order valence-electron chi connectivity index (χ3n) is 2.74. The van der Waals surface area contributed by atoms with Crippen LogP contribution in [0, 0.1) is 11.6 Å². The number of halogens is 5. The highest BCUT2D eigenvalue weighted by atomic mass is 19.4. The Morgan fingerprint density at radius 1 is 1.18 bits per heavy atom. The number of hydrogen-bond acceptors (Lipinski definition) is 2. The Morgan fingerprint density at radius 3 is 2.50 bits per heavy atom. The van der Waals surface area contributed by atoms with Gasteiger partial charge in [-0.1, -0.05) is 0 Å². The summed E-state index contributed by atoms with van der Waals surface area (Å²) in [6.07, 6.45) is -3.40. The first-order chi connectivity index (χ1) is 10.3. The molecule has 9 heteroatoms. The molecule has 118 valence electrons. The summed E-state index contributed by atoms with van der Waals surface area (Å²) in [7, 11) is 0. The molecule has 1 heterocycles. The van der Waals surface area contributed by atoms with Gasteiger partial charge in [-0.3, -0.25) is 9.48 Å². The van der Waals surface area contributed by atoms with Gasteiger partial charge >= 0.3 is 6.18 Å². The van der Waals surface area contributed by atoms with Crippen molar-refractivity contribution < 1.29 is 26.7 Å². The molecule has 1 amide bonds. The van der Waals surface area contributed by atoms with Gasteiger partial charge in [-0.05, 0) is 24.3 Å². The molecule has 0 atom stereocenters. The Labute approximate surface area is 121 Å². The predicted octanol–water partition coefficient (Wildman–Crippen LogP) is 2.61. The molecule has 0 aliphatic carbocycles. The maximum absolute atomic E-state index is 13.0. The Balaban J connectivity index is 1.89. The van der Waals surface area contributed by atoms with E-state index < -0.39 is 29.4 Å². The summed E-state index contributed by atoms with van der Waals surface area (Å²) in [5.74, 6) is -2.90. The van der Waals surface area contributed by atoms with Crippen LogP contribution in [0.25, 0.3) is 0 Å². The molecule has 22 heavy (non-hydrogen) atoms. The van der Waals surface area contributed by atoms with Gasteiger partial charge in [0, 0.05) is 18.3 Å². The van der Waals surface area contributed by atoms with Crippen molar-refractivity contribution in [3.05, 3.63) is 53.4 Å². The number of nitrogens with one attached hydrogen (secondary N) is 1. The fourth-order valence-corrected chi connectivity index (χ4v) is 1.66. The summed E-state index contributed by atoms with van der Waals surface area (Å²) >= 11 is 0. The molecular formula is C13H10F5N3O. The highest BCUT2D eigenvalue weighted by Gasteiger charge is 2.33. The molecule has 0 aliphatic rings. The lowest BCUT2D eigenvalue weighted by Crippen LogP contribution is -2.27. The standard InChI is InChI=1S/C13H10F5N3O/c14-9-2-1-8(7-10(9)15)12(22)19-4-6-21-5-3-11(20-21)13(16,17)18/h1-3,5,7H,4,6H2,(H,19,22). The van der Waals surface area contributed by atoms with Crippen LogP contribution in [-0.4, -0.2) is 22.2 Å². The average molecular weight is 319 g/mol. The Kier molecular flexibility index (Phi) is 4.43. The molecule has 2 rings (SSSR count). The van der Waals surface area contributed by atoms with Gasteiger partial charge in [0.25, 0.3) is 5.91 Å². The number of amides is 1. The molecule has 0 saturated heterocycles. The van der Waals surface area contributed by atoms with E-state index in [1.807, 2.05) is 0 Å². The molecule has 2 aromatic rings. The van der Waals surface area contributed by atoms with Gasteiger partial charge in [-0.15, -0.1) is 0 Å². The molecule has 1 aromatic heterocycles. The van der Waals surface area contributed by atoms with Crippen LogP contribution in [-0.2, 0) is 12.7 Å². The zero-order valence-electron chi connectivity index (χ0n) is 11.0. The Bertz CT molecular complexity index is 681. The van der Waals surface area contributed by atoms with Gasteiger partial charge < -0.3 is 5.32 Å². The zero-order chi connectivity index (χ0) is 16.3. The van der Waals surface area contributed by atoms with Gasteiger partial charge in [-0.2, -0.15) is 18.3 Å². The van der Waals surface area contributed by atoms with E-state index in [9.17, 15) is 26.7 Å². The van der Waals surface area contributed by atoms with Crippen LogP contribution < -0.4 is 5.32 Å². The van der Waals surface area contributed by atoms with Crippen molar-refractivity contribution in [1.29, 1.82) is 0 Å². The van der Waals surface area contributed by atoms with E-state index in [1.165, 1.54) is 0 Å². The number of carbonyl (C=O) groups excluding carboxylic acids is 1. The molecule has 0 saturated carbocycles. The van der Waals surface area contributed by atoms with Crippen LogP contribution in [0.2, 0.25) is 0 Å². The molecule has 0 radical (unpaired) electrons. The minimum atomic E-state index is -4.53. The van der Waals surface area contributed by atoms with Crippen LogP contribution >= 0.6 is 0 Å². The SMILES string of the molecule is O=C(NCCn1ccc(C(F)(F)F)n1)c1ccc(F)c(F)c1. The summed E-state index contributed by atoms with van der Waals surface area (Å²) in [5, 5.41) is 5.68. The third-order valence-corrected chi connectivity index (χ3v) is 2.74. The number of aromatic nitrogens is 2. The second-order valence-electron chi connectivity index (χ2n) is 4.35. The third kappa shape index (κ3) is 3.80. The van der Waals surface area contributed by atoms with E-state index in [0.717, 1.165) is 35.1 Å². The smallest absolute Gasteiger partial charge is 0.350 e. The summed E-state index contributed by atoms with van der Waals surface area (Å²) in [5.41, 5.74) is -1.12. The van der Waals surface area contributed by atoms with Crippen molar-refractivity contribution in [2.24, 2.45) is 0 Å². The largest absolute Gasteiger partial charge is 0.435 e. The van der Waals surface area contributed by atoms with Crippen LogP contribution in [0.5, 0.6) is 0 Å². The van der Waals surface area contributed by atoms with Gasteiger partial charge in [0.2, 0.25) is 0 Å². The number of rotatable bonds is 4. The van der Waals surface area contributed by atoms with Crippen LogP contribution in [0.4, 0.5) is 22.0 Å². The van der Waals surface area contributed by atoms with E-state index in [4.69, 9.17) is 0 Å². The predicted molar refractivity (Wildman–Crippen MR) is 65.9 cm³/mol. The number of hydrogen-bond donors (Lipinski definition) is 1. The van der Waals surface area contributed by atoms with Crippen LogP contribution in [0.3, 0.4) is 0 Å². The highest BCUT2D eigenvalue weighted by molar-refractivity contribution is 5.94. The maximum Gasteiger partial charge on any atom is 0.435 e. The second-order valence-corrected chi connectivity index (χ2v) is 4.35. The minimum Gasteiger partial charge on any atom is -0.350 e. The number of carbonyl (C=O) groups is 1. The molecule has 0 fully saturated rings. The molecule has 0 spiro atoms. The van der Waals surface area contributed by atoms with Crippen molar-refractivity contribution in [2.75, 3.05) is 6.54 Å². The fourth-order valence-electron chi connectivity index (χ4n) is 1.66. The number of alkyl halides is 3. The lowest BCUT2D eigenvalue weighted by atomic mass is 10.2. The zero-order valence-corrected chi connectivity index (χ0v) is 11.0. The normalized spacial score (nSPS) is 11.5. The molecule has 0 aliphatic heterocycles. The Hall–Kier alpha value is -2.45. The van der Waals surface area contributed by atoms with Gasteiger partial charge in [0.1, 0.15) is 0 Å². The number of benzene rings is 1. The Morgan fingerprint density at radius 2 is 1.91 bits per heavy atom. The van der Waals surface area contributed by atoms with Crippen molar-refractivity contribution in [2.45, 2.75) is 12.7 Å². The topological polar surface area (TPSA) is 46.9 Å². The highest BCUT2D eigenvalue weighted by Crippen LogP contribution is 2.27. The molecule has 0 unspecified atom stereocenters. The number of nitrogens with zero attached hydrogens (tertiary/aromatic N) is 2. The maximum atomic E-state index is 13.0. The fraction of sp³-hybridized carbons (Fsp3) is 0.231. The van der Waals surface area contributed by atoms with Crippen molar-refractivity contribution in [3.63, 3.8) is 0 Å². The van der Waals surface area contributed by atoms with Gasteiger partial charge in [0.15, 0.2) is 17.3 Å². The molecule has 4 nitrogen and oxygen atoms in total. The molecule has 0 bridgehead atoms. The van der Waals surface area contributed by atoms with Crippen molar-refractivity contribution >= 4 is 5.91 Å². The monoisotopic (exact) mass is 319 g/mol. The first-order valence-electron chi connectivity index (χ1n) is 6.11. The van der Waals surface area contributed by atoms with Crippen LogP contribution in [0.15, 0.2) is 30.5 Å². The summed E-state index contributed by atoms with van der Waals surface area (Å²) in [4.78, 5) is 11.7. The van der Waals surface area contributed by atoms with Crippen molar-refractivity contribution in [3.8, 4) is 0 Å². The lowest BCUT2D eigenvalue weighted by Gasteiger charge is -2.06. The summed E-state index contributed by atoms with van der Waals surface area (Å²) < 4.78 is 63.7. The van der Waals surface area contributed by atoms with Gasteiger partial charge in [0.05, 0.1) is 6.54 Å². The molecule has 1 N–H and O–H groups in total. The first kappa shape index (κ1) is 15.9. The molecular weight excluding hydrogens is 309 g/mol. The first-order valence-corrected chi connectivity index (χ1v) is 6.11. The van der Waals surface area contributed by atoms with E-state index in [-0.39, 0.29) is 18.7 Å². The summed E-state index contributed by atoms with van der Waals surface area (Å²) in [6.45, 7) is -0.0116. The van der Waals surface area contributed by atoms with E-state index in [2.05, 4.69) is 10.4 Å². The van der Waals surface area contributed by atoms with Crippen molar-refractivity contribution in [1.82, 2.24) is 15.1 Å². The quantitative estimate of drug-likeness (QED) is 0.881. The minimum absolute atomic E-state index is 0.00545. The van der Waals surface area contributed by atoms with E-state index in [0.29, 0.717) is 0 Å². The van der Waals surface area contributed by atoms with E-state index in [1.54, 1.807) is 0 Å². The molecule has 1 aromatic carbocycles.